The van der Waals surface area contributed by atoms with Crippen LogP contribution in [-0.4, -0.2) is 30.3 Å². The van der Waals surface area contributed by atoms with E-state index >= 15 is 0 Å². The Morgan fingerprint density at radius 1 is 1.21 bits per heavy atom. The van der Waals surface area contributed by atoms with Gasteiger partial charge in [0.2, 0.25) is 0 Å². The van der Waals surface area contributed by atoms with Crippen molar-refractivity contribution in [3.8, 4) is 0 Å². The smallest absolute Gasteiger partial charge is 0.0471 e. The lowest BCUT2D eigenvalue weighted by Gasteiger charge is -2.26. The van der Waals surface area contributed by atoms with Crippen LogP contribution in [0.1, 0.15) is 34.1 Å². The molecule has 0 saturated heterocycles. The Morgan fingerprint density at radius 3 is 2.14 bits per heavy atom. The summed E-state index contributed by atoms with van der Waals surface area (Å²) in [7, 11) is 0. The number of nitrogens with two attached hydrogens (primary N) is 1. The van der Waals surface area contributed by atoms with E-state index in [0.717, 1.165) is 6.42 Å². The van der Waals surface area contributed by atoms with Gasteiger partial charge in [0.25, 0.3) is 0 Å². The van der Waals surface area contributed by atoms with Crippen LogP contribution in [0.15, 0.2) is 0 Å². The van der Waals surface area contributed by atoms with Gasteiger partial charge in [-0.1, -0.05) is 20.8 Å². The molecule has 4 N–H and O–H groups in total. The summed E-state index contributed by atoms with van der Waals surface area (Å²) in [5.41, 5.74) is 5.69. The van der Waals surface area contributed by atoms with Crippen LogP contribution < -0.4 is 11.1 Å². The fourth-order valence-corrected chi connectivity index (χ4v) is 1.50. The molecule has 0 bridgehead atoms. The number of nitrogens with one attached hydrogen (secondary N) is 1. The first-order chi connectivity index (χ1) is 6.51. The molecule has 0 aromatic rings. The van der Waals surface area contributed by atoms with E-state index in [0.29, 0.717) is 24.5 Å². The van der Waals surface area contributed by atoms with Gasteiger partial charge in [0, 0.05) is 25.2 Å². The van der Waals surface area contributed by atoms with Crippen molar-refractivity contribution in [2.24, 2.45) is 17.6 Å². The Balaban J connectivity index is 3.91. The highest BCUT2D eigenvalue weighted by Crippen LogP contribution is 2.07. The molecule has 0 amide bonds. The Morgan fingerprint density at radius 2 is 1.79 bits per heavy atom. The Hall–Kier alpha value is -0.120. The fourth-order valence-electron chi connectivity index (χ4n) is 1.50. The third-order valence-corrected chi connectivity index (χ3v) is 2.68. The molecule has 0 heterocycles. The number of rotatable bonds is 7. The van der Waals surface area contributed by atoms with Gasteiger partial charge in [0.1, 0.15) is 0 Å². The number of aliphatic hydroxyl groups is 1. The second-order valence-corrected chi connectivity index (χ2v) is 4.68. The quantitative estimate of drug-likeness (QED) is 0.576. The molecule has 14 heavy (non-hydrogen) atoms. The minimum absolute atomic E-state index is 0.229. The summed E-state index contributed by atoms with van der Waals surface area (Å²) in [6.07, 6.45) is 1.10. The zero-order valence-corrected chi connectivity index (χ0v) is 9.96. The van der Waals surface area contributed by atoms with Crippen LogP contribution in [0, 0.1) is 11.8 Å². The van der Waals surface area contributed by atoms with E-state index in [9.17, 15) is 0 Å². The van der Waals surface area contributed by atoms with Crippen molar-refractivity contribution in [3.63, 3.8) is 0 Å². The maximum absolute atomic E-state index is 9.00. The topological polar surface area (TPSA) is 58.3 Å². The van der Waals surface area contributed by atoms with Crippen molar-refractivity contribution in [1.82, 2.24) is 5.32 Å². The van der Waals surface area contributed by atoms with Crippen LogP contribution in [0.25, 0.3) is 0 Å². The summed E-state index contributed by atoms with van der Waals surface area (Å²) >= 11 is 0. The second kappa shape index (κ2) is 7.21. The maximum Gasteiger partial charge on any atom is 0.0471 e. The number of aliphatic hydroxyl groups excluding tert-OH is 1. The third kappa shape index (κ3) is 5.58. The lowest BCUT2D eigenvalue weighted by Crippen LogP contribution is -2.45. The molecule has 0 aromatic heterocycles. The largest absolute Gasteiger partial charge is 0.396 e. The van der Waals surface area contributed by atoms with Gasteiger partial charge < -0.3 is 16.2 Å². The van der Waals surface area contributed by atoms with Crippen molar-refractivity contribution in [2.45, 2.75) is 46.2 Å². The summed E-state index contributed by atoms with van der Waals surface area (Å²) in [6.45, 7) is 9.44. The first-order valence-corrected chi connectivity index (χ1v) is 5.58. The standard InChI is InChI=1S/C11H26N2O/c1-8(2)5-11(6-12)13-10(4)9(3)7-14/h8-11,13-14H,5-7,12H2,1-4H3. The number of hydrogen-bond acceptors (Lipinski definition) is 3. The normalized spacial score (nSPS) is 18.2. The van der Waals surface area contributed by atoms with Crippen molar-refractivity contribution >= 4 is 0 Å². The molecule has 0 fully saturated rings. The molecule has 0 aromatic carbocycles. The maximum atomic E-state index is 9.00. The second-order valence-electron chi connectivity index (χ2n) is 4.68. The minimum atomic E-state index is 0.229. The van der Waals surface area contributed by atoms with E-state index in [1.807, 2.05) is 6.92 Å². The van der Waals surface area contributed by atoms with E-state index < -0.39 is 0 Å². The number of hydrogen-bond donors (Lipinski definition) is 3. The van der Waals surface area contributed by atoms with Gasteiger partial charge in [-0.05, 0) is 25.2 Å². The van der Waals surface area contributed by atoms with Gasteiger partial charge >= 0.3 is 0 Å². The molecular weight excluding hydrogens is 176 g/mol. The lowest BCUT2D eigenvalue weighted by atomic mass is 9.99. The van der Waals surface area contributed by atoms with Crippen LogP contribution in [0.3, 0.4) is 0 Å². The lowest BCUT2D eigenvalue weighted by molar-refractivity contribution is 0.198. The third-order valence-electron chi connectivity index (χ3n) is 2.68. The monoisotopic (exact) mass is 202 g/mol. The van der Waals surface area contributed by atoms with Gasteiger partial charge in [-0.2, -0.15) is 0 Å². The molecule has 3 heteroatoms. The average Bonchev–Trinajstić information content (AvgIpc) is 2.14. The molecule has 0 aliphatic rings. The van der Waals surface area contributed by atoms with E-state index in [1.54, 1.807) is 0 Å². The molecule has 86 valence electrons. The highest BCUT2D eigenvalue weighted by molar-refractivity contribution is 4.76. The molecule has 3 unspecified atom stereocenters. The van der Waals surface area contributed by atoms with Gasteiger partial charge in [-0.3, -0.25) is 0 Å². The van der Waals surface area contributed by atoms with Crippen molar-refractivity contribution < 1.29 is 5.11 Å². The average molecular weight is 202 g/mol. The van der Waals surface area contributed by atoms with Crippen molar-refractivity contribution in [3.05, 3.63) is 0 Å². The fraction of sp³-hybridized carbons (Fsp3) is 1.00. The molecular formula is C11H26N2O. The molecule has 3 nitrogen and oxygen atoms in total. The van der Waals surface area contributed by atoms with Gasteiger partial charge in [-0.15, -0.1) is 0 Å². The van der Waals surface area contributed by atoms with Crippen LogP contribution in [0.2, 0.25) is 0 Å². The first kappa shape index (κ1) is 13.9. The SMILES string of the molecule is CC(C)CC(CN)NC(C)C(C)CO. The van der Waals surface area contributed by atoms with Crippen molar-refractivity contribution in [1.29, 1.82) is 0 Å². The van der Waals surface area contributed by atoms with Crippen LogP contribution in [0.5, 0.6) is 0 Å². The zero-order valence-electron chi connectivity index (χ0n) is 9.96. The Kier molecular flexibility index (Phi) is 7.15. The summed E-state index contributed by atoms with van der Waals surface area (Å²) in [5.74, 6) is 0.948. The zero-order chi connectivity index (χ0) is 11.1. The summed E-state index contributed by atoms with van der Waals surface area (Å²) in [6, 6.07) is 0.700. The van der Waals surface area contributed by atoms with E-state index in [1.165, 1.54) is 0 Å². The van der Waals surface area contributed by atoms with E-state index in [-0.39, 0.29) is 12.5 Å². The van der Waals surface area contributed by atoms with Gasteiger partial charge in [0.05, 0.1) is 0 Å². The Labute approximate surface area is 88.1 Å². The van der Waals surface area contributed by atoms with Crippen molar-refractivity contribution in [2.75, 3.05) is 13.2 Å². The van der Waals surface area contributed by atoms with E-state index in [4.69, 9.17) is 10.8 Å². The summed E-state index contributed by atoms with van der Waals surface area (Å²) in [4.78, 5) is 0. The molecule has 0 aliphatic carbocycles. The summed E-state index contributed by atoms with van der Waals surface area (Å²) < 4.78 is 0. The molecule has 0 rings (SSSR count). The molecule has 0 radical (unpaired) electrons. The van der Waals surface area contributed by atoms with Crippen LogP contribution in [0.4, 0.5) is 0 Å². The predicted molar refractivity (Wildman–Crippen MR) is 61.1 cm³/mol. The van der Waals surface area contributed by atoms with Gasteiger partial charge in [-0.25, -0.2) is 0 Å². The molecule has 0 saturated carbocycles. The van der Waals surface area contributed by atoms with Crippen LogP contribution in [-0.2, 0) is 0 Å². The Bertz CT molecular complexity index is 139. The molecule has 3 atom stereocenters. The predicted octanol–water partition coefficient (Wildman–Crippen LogP) is 0.966. The van der Waals surface area contributed by atoms with Crippen LogP contribution >= 0.6 is 0 Å². The van der Waals surface area contributed by atoms with E-state index in [2.05, 4.69) is 26.1 Å². The first-order valence-electron chi connectivity index (χ1n) is 5.58. The van der Waals surface area contributed by atoms with Gasteiger partial charge in [0.15, 0.2) is 0 Å². The molecule has 0 aliphatic heterocycles. The highest BCUT2D eigenvalue weighted by Gasteiger charge is 2.16. The molecule has 0 spiro atoms. The summed E-state index contributed by atoms with van der Waals surface area (Å²) in [5, 5.41) is 12.5. The highest BCUT2D eigenvalue weighted by atomic mass is 16.3. The minimum Gasteiger partial charge on any atom is -0.396 e.